The van der Waals surface area contributed by atoms with Crippen molar-refractivity contribution in [2.45, 2.75) is 12.8 Å². The van der Waals surface area contributed by atoms with E-state index in [0.717, 1.165) is 19.4 Å². The lowest BCUT2D eigenvalue weighted by molar-refractivity contribution is 0.556. The minimum atomic E-state index is 0. The van der Waals surface area contributed by atoms with E-state index in [1.54, 1.807) is 0 Å². The highest BCUT2D eigenvalue weighted by Crippen LogP contribution is 2.06. The molecule has 0 saturated carbocycles. The van der Waals surface area contributed by atoms with Crippen molar-refractivity contribution in [1.82, 2.24) is 0 Å². The fraction of sp³-hybridized carbons (Fsp3) is 0.500. The second kappa shape index (κ2) is 8.92. The maximum Gasteiger partial charge on any atom is -0.00429 e. The summed E-state index contributed by atoms with van der Waals surface area (Å²) in [5.74, 6) is 0.556. The summed E-state index contributed by atoms with van der Waals surface area (Å²) in [5, 5.41) is 0. The fourth-order valence-electron chi connectivity index (χ4n) is 0.760. The first-order valence-electron chi connectivity index (χ1n) is 3.27. The summed E-state index contributed by atoms with van der Waals surface area (Å²) in [5.41, 5.74) is 5.45. The Labute approximate surface area is 73.8 Å². The second-order valence-electron chi connectivity index (χ2n) is 2.15. The predicted octanol–water partition coefficient (Wildman–Crippen LogP) is 2.29. The van der Waals surface area contributed by atoms with Gasteiger partial charge in [0.15, 0.2) is 0 Å². The van der Waals surface area contributed by atoms with Crippen molar-refractivity contribution < 1.29 is 0 Å². The van der Waals surface area contributed by atoms with Crippen LogP contribution in [0.4, 0.5) is 0 Å². The molecular formula is C8H16BrN. The summed E-state index contributed by atoms with van der Waals surface area (Å²) in [6, 6.07) is 0. The largest absolute Gasteiger partial charge is 0.330 e. The van der Waals surface area contributed by atoms with Crippen molar-refractivity contribution >= 4 is 17.0 Å². The Bertz CT molecular complexity index is 81.3. The van der Waals surface area contributed by atoms with Crippen LogP contribution in [-0.2, 0) is 0 Å². The smallest absolute Gasteiger partial charge is 0.00429 e. The van der Waals surface area contributed by atoms with Crippen LogP contribution < -0.4 is 5.73 Å². The number of hydrogen-bond acceptors (Lipinski definition) is 1. The Hall–Kier alpha value is -0.0800. The van der Waals surface area contributed by atoms with Crippen LogP contribution >= 0.6 is 17.0 Å². The van der Waals surface area contributed by atoms with E-state index in [1.807, 2.05) is 12.2 Å². The maximum absolute atomic E-state index is 5.45. The maximum atomic E-state index is 5.45. The molecule has 0 radical (unpaired) electrons. The number of allylic oxidation sites excluding steroid dienone is 2. The molecule has 0 aromatic heterocycles. The van der Waals surface area contributed by atoms with Gasteiger partial charge in [-0.15, -0.1) is 30.1 Å². The molecule has 0 spiro atoms. The van der Waals surface area contributed by atoms with Crippen LogP contribution in [0.5, 0.6) is 0 Å². The van der Waals surface area contributed by atoms with Crippen LogP contribution in [0.15, 0.2) is 25.3 Å². The van der Waals surface area contributed by atoms with Crippen LogP contribution in [0.25, 0.3) is 0 Å². The van der Waals surface area contributed by atoms with E-state index in [-0.39, 0.29) is 17.0 Å². The lowest BCUT2D eigenvalue weighted by Crippen LogP contribution is -2.12. The SMILES string of the molecule is Br.C=CCC(CN)CC=C. The average molecular weight is 206 g/mol. The topological polar surface area (TPSA) is 26.0 Å². The predicted molar refractivity (Wildman–Crippen MR) is 52.5 cm³/mol. The first kappa shape index (κ1) is 12.6. The van der Waals surface area contributed by atoms with Crippen LogP contribution in [0.1, 0.15) is 12.8 Å². The van der Waals surface area contributed by atoms with Gasteiger partial charge in [0.25, 0.3) is 0 Å². The number of hydrogen-bond donors (Lipinski definition) is 1. The normalized spacial score (nSPS) is 8.60. The highest BCUT2D eigenvalue weighted by atomic mass is 79.9. The molecule has 2 heteroatoms. The molecule has 2 N–H and O–H groups in total. The van der Waals surface area contributed by atoms with E-state index in [2.05, 4.69) is 13.2 Å². The van der Waals surface area contributed by atoms with Crippen LogP contribution in [0.2, 0.25) is 0 Å². The summed E-state index contributed by atoms with van der Waals surface area (Å²) < 4.78 is 0. The second-order valence-corrected chi connectivity index (χ2v) is 2.15. The molecule has 0 aromatic carbocycles. The van der Waals surface area contributed by atoms with Crippen molar-refractivity contribution in [2.24, 2.45) is 11.7 Å². The summed E-state index contributed by atoms with van der Waals surface area (Å²) in [7, 11) is 0. The quantitative estimate of drug-likeness (QED) is 0.686. The molecule has 0 aliphatic heterocycles. The fourth-order valence-corrected chi connectivity index (χ4v) is 0.760. The molecule has 60 valence electrons. The summed E-state index contributed by atoms with van der Waals surface area (Å²) in [4.78, 5) is 0. The van der Waals surface area contributed by atoms with E-state index in [1.165, 1.54) is 0 Å². The summed E-state index contributed by atoms with van der Waals surface area (Å²) in [6.45, 7) is 8.02. The molecule has 0 bridgehead atoms. The van der Waals surface area contributed by atoms with Gasteiger partial charge in [0, 0.05) is 0 Å². The molecule has 0 amide bonds. The Kier molecular flexibility index (Phi) is 11.2. The van der Waals surface area contributed by atoms with Crippen molar-refractivity contribution in [3.8, 4) is 0 Å². The standard InChI is InChI=1S/C8H15N.BrH/c1-3-5-8(7-9)6-4-2;/h3-4,8H,1-2,5-7,9H2;1H. The van der Waals surface area contributed by atoms with Gasteiger partial charge in [-0.1, -0.05) is 12.2 Å². The van der Waals surface area contributed by atoms with E-state index >= 15 is 0 Å². The van der Waals surface area contributed by atoms with Gasteiger partial charge < -0.3 is 5.73 Å². The number of nitrogens with two attached hydrogens (primary N) is 1. The molecule has 0 heterocycles. The molecule has 1 nitrogen and oxygen atoms in total. The lowest BCUT2D eigenvalue weighted by atomic mass is 10.0. The molecule has 0 aliphatic rings. The molecule has 0 fully saturated rings. The van der Waals surface area contributed by atoms with Gasteiger partial charge in [-0.05, 0) is 25.3 Å². The van der Waals surface area contributed by atoms with Crippen LogP contribution in [0, 0.1) is 5.92 Å². The van der Waals surface area contributed by atoms with Gasteiger partial charge in [-0.2, -0.15) is 0 Å². The zero-order valence-electron chi connectivity index (χ0n) is 6.25. The zero-order chi connectivity index (χ0) is 7.11. The van der Waals surface area contributed by atoms with Gasteiger partial charge >= 0.3 is 0 Å². The lowest BCUT2D eigenvalue weighted by Gasteiger charge is -2.07. The summed E-state index contributed by atoms with van der Waals surface area (Å²) >= 11 is 0. The first-order chi connectivity index (χ1) is 4.35. The average Bonchev–Trinajstić information content (AvgIpc) is 1.88. The van der Waals surface area contributed by atoms with Gasteiger partial charge in [0.2, 0.25) is 0 Å². The van der Waals surface area contributed by atoms with Gasteiger partial charge in [-0.25, -0.2) is 0 Å². The number of rotatable bonds is 5. The molecule has 10 heavy (non-hydrogen) atoms. The van der Waals surface area contributed by atoms with Crippen LogP contribution in [0.3, 0.4) is 0 Å². The van der Waals surface area contributed by atoms with Gasteiger partial charge in [-0.3, -0.25) is 0 Å². The Morgan fingerprint density at radius 3 is 1.80 bits per heavy atom. The molecular weight excluding hydrogens is 190 g/mol. The van der Waals surface area contributed by atoms with Gasteiger partial charge in [0.1, 0.15) is 0 Å². The third-order valence-corrected chi connectivity index (χ3v) is 1.33. The van der Waals surface area contributed by atoms with E-state index < -0.39 is 0 Å². The van der Waals surface area contributed by atoms with Crippen molar-refractivity contribution in [3.63, 3.8) is 0 Å². The Morgan fingerprint density at radius 1 is 1.20 bits per heavy atom. The Balaban J connectivity index is 0. The van der Waals surface area contributed by atoms with E-state index in [4.69, 9.17) is 5.73 Å². The first-order valence-corrected chi connectivity index (χ1v) is 3.27. The van der Waals surface area contributed by atoms with Gasteiger partial charge in [0.05, 0.1) is 0 Å². The van der Waals surface area contributed by atoms with E-state index in [0.29, 0.717) is 5.92 Å². The monoisotopic (exact) mass is 205 g/mol. The molecule has 0 atom stereocenters. The molecule has 0 rings (SSSR count). The molecule has 0 saturated heterocycles. The highest BCUT2D eigenvalue weighted by Gasteiger charge is 1.99. The molecule has 0 unspecified atom stereocenters. The zero-order valence-corrected chi connectivity index (χ0v) is 7.97. The summed E-state index contributed by atoms with van der Waals surface area (Å²) in [6.07, 6.45) is 5.81. The van der Waals surface area contributed by atoms with E-state index in [9.17, 15) is 0 Å². The van der Waals surface area contributed by atoms with Crippen LogP contribution in [-0.4, -0.2) is 6.54 Å². The third-order valence-electron chi connectivity index (χ3n) is 1.33. The number of halogens is 1. The highest BCUT2D eigenvalue weighted by molar-refractivity contribution is 8.93. The third kappa shape index (κ3) is 6.05. The Morgan fingerprint density at radius 2 is 1.60 bits per heavy atom. The van der Waals surface area contributed by atoms with Crippen molar-refractivity contribution in [1.29, 1.82) is 0 Å². The minimum absolute atomic E-state index is 0. The molecule has 0 aliphatic carbocycles. The van der Waals surface area contributed by atoms with Crippen molar-refractivity contribution in [3.05, 3.63) is 25.3 Å². The molecule has 0 aromatic rings. The van der Waals surface area contributed by atoms with Crippen molar-refractivity contribution in [2.75, 3.05) is 6.54 Å². The minimum Gasteiger partial charge on any atom is -0.330 e.